The monoisotopic (exact) mass is 278 g/mol. The Morgan fingerprint density at radius 1 is 1.47 bits per heavy atom. The molecular formula is C14H18N2O2S. The number of para-hydroxylation sites is 1. The van der Waals surface area contributed by atoms with Crippen molar-refractivity contribution in [2.24, 2.45) is 0 Å². The number of thioether (sulfide) groups is 1. The highest BCUT2D eigenvalue weighted by molar-refractivity contribution is 7.99. The van der Waals surface area contributed by atoms with Gasteiger partial charge < -0.3 is 10.4 Å². The first kappa shape index (κ1) is 15.5. The maximum Gasteiger partial charge on any atom is 0.225 e. The van der Waals surface area contributed by atoms with Gasteiger partial charge in [0.15, 0.2) is 0 Å². The maximum atomic E-state index is 11.7. The second kappa shape index (κ2) is 7.82. The number of amides is 1. The lowest BCUT2D eigenvalue weighted by Crippen LogP contribution is -2.18. The van der Waals surface area contributed by atoms with Crippen molar-refractivity contribution < 1.29 is 9.90 Å². The Bertz CT molecular complexity index is 469. The van der Waals surface area contributed by atoms with Crippen molar-refractivity contribution >= 4 is 23.4 Å². The van der Waals surface area contributed by atoms with Gasteiger partial charge in [0, 0.05) is 17.4 Å². The molecule has 0 aromatic heterocycles. The summed E-state index contributed by atoms with van der Waals surface area (Å²) in [4.78, 5) is 11.7. The van der Waals surface area contributed by atoms with Crippen molar-refractivity contribution in [3.63, 3.8) is 0 Å². The van der Waals surface area contributed by atoms with Crippen molar-refractivity contribution in [3.05, 3.63) is 29.8 Å². The van der Waals surface area contributed by atoms with E-state index in [2.05, 4.69) is 5.32 Å². The van der Waals surface area contributed by atoms with E-state index in [-0.39, 0.29) is 17.3 Å². The van der Waals surface area contributed by atoms with Crippen LogP contribution in [0.3, 0.4) is 0 Å². The van der Waals surface area contributed by atoms with E-state index in [0.717, 1.165) is 0 Å². The molecule has 0 heterocycles. The van der Waals surface area contributed by atoms with Crippen molar-refractivity contribution in [2.45, 2.75) is 31.6 Å². The van der Waals surface area contributed by atoms with E-state index in [4.69, 9.17) is 5.26 Å². The van der Waals surface area contributed by atoms with Crippen molar-refractivity contribution in [1.29, 1.82) is 5.26 Å². The molecule has 0 radical (unpaired) electrons. The number of aliphatic hydroxyl groups excluding tert-OH is 1. The third-order valence-electron chi connectivity index (χ3n) is 2.71. The molecule has 0 aliphatic carbocycles. The van der Waals surface area contributed by atoms with Gasteiger partial charge in [-0.25, -0.2) is 0 Å². The number of hydrogen-bond donors (Lipinski definition) is 2. The number of nitrogens with zero attached hydrogens (tertiary/aromatic N) is 1. The van der Waals surface area contributed by atoms with E-state index < -0.39 is 0 Å². The fourth-order valence-electron chi connectivity index (χ4n) is 1.38. The van der Waals surface area contributed by atoms with Crippen LogP contribution in [0.2, 0.25) is 0 Å². The second-order valence-corrected chi connectivity index (χ2v) is 5.76. The van der Waals surface area contributed by atoms with Crippen molar-refractivity contribution in [1.82, 2.24) is 0 Å². The number of aliphatic hydroxyl groups is 1. The van der Waals surface area contributed by atoms with Gasteiger partial charge in [0.2, 0.25) is 5.91 Å². The molecule has 0 saturated heterocycles. The summed E-state index contributed by atoms with van der Waals surface area (Å²) in [6.07, 6.45) is -0.0195. The lowest BCUT2D eigenvalue weighted by Gasteiger charge is -2.13. The first-order chi connectivity index (χ1) is 9.04. The average molecular weight is 278 g/mol. The van der Waals surface area contributed by atoms with Gasteiger partial charge in [0.05, 0.1) is 17.4 Å². The third-order valence-corrected chi connectivity index (χ3v) is 4.07. The minimum Gasteiger partial charge on any atom is -0.392 e. The van der Waals surface area contributed by atoms with E-state index in [9.17, 15) is 9.90 Å². The molecule has 0 fully saturated rings. The van der Waals surface area contributed by atoms with Crippen LogP contribution in [0.1, 0.15) is 25.8 Å². The van der Waals surface area contributed by atoms with Crippen LogP contribution in [0.5, 0.6) is 0 Å². The molecule has 2 atom stereocenters. The highest BCUT2D eigenvalue weighted by atomic mass is 32.2. The van der Waals surface area contributed by atoms with Gasteiger partial charge in [-0.1, -0.05) is 19.1 Å². The van der Waals surface area contributed by atoms with Gasteiger partial charge in [-0.3, -0.25) is 4.79 Å². The third kappa shape index (κ3) is 5.33. The minimum atomic E-state index is -0.382. The summed E-state index contributed by atoms with van der Waals surface area (Å²) in [5.74, 6) is 0.528. The minimum absolute atomic E-state index is 0.110. The molecule has 4 nitrogen and oxygen atoms in total. The summed E-state index contributed by atoms with van der Waals surface area (Å²) in [7, 11) is 0. The quantitative estimate of drug-likeness (QED) is 0.838. The van der Waals surface area contributed by atoms with E-state index >= 15 is 0 Å². The summed E-state index contributed by atoms with van der Waals surface area (Å²) in [6, 6.07) is 8.95. The number of rotatable bonds is 6. The van der Waals surface area contributed by atoms with Gasteiger partial charge in [0.25, 0.3) is 0 Å². The zero-order chi connectivity index (χ0) is 14.3. The lowest BCUT2D eigenvalue weighted by atomic mass is 10.2. The molecule has 102 valence electrons. The summed E-state index contributed by atoms with van der Waals surface area (Å²) >= 11 is 1.56. The lowest BCUT2D eigenvalue weighted by molar-refractivity contribution is -0.115. The molecule has 1 amide bonds. The van der Waals surface area contributed by atoms with Gasteiger partial charge in [0.1, 0.15) is 6.07 Å². The second-order valence-electron chi connectivity index (χ2n) is 4.27. The van der Waals surface area contributed by atoms with Crippen LogP contribution >= 0.6 is 11.8 Å². The maximum absolute atomic E-state index is 11.7. The molecule has 1 aromatic rings. The van der Waals surface area contributed by atoms with E-state index in [1.165, 1.54) is 0 Å². The standard InChI is InChI=1S/C14H18N2O2S/c1-10(17)11(2)19-8-7-14(18)16-13-6-4-3-5-12(13)9-15/h3-6,10-11,17H,7-8H2,1-2H3,(H,16,18). The van der Waals surface area contributed by atoms with Crippen LogP contribution in [0.25, 0.3) is 0 Å². The van der Waals surface area contributed by atoms with Crippen LogP contribution in [0.4, 0.5) is 5.69 Å². The first-order valence-electron chi connectivity index (χ1n) is 6.13. The SMILES string of the molecule is CC(O)C(C)SCCC(=O)Nc1ccccc1C#N. The molecule has 2 unspecified atom stereocenters. The summed E-state index contributed by atoms with van der Waals surface area (Å²) in [5, 5.41) is 21.1. The van der Waals surface area contributed by atoms with Crippen molar-refractivity contribution in [3.8, 4) is 6.07 Å². The normalized spacial score (nSPS) is 13.4. The van der Waals surface area contributed by atoms with E-state index in [1.54, 1.807) is 43.0 Å². The summed E-state index contributed by atoms with van der Waals surface area (Å²) in [5.41, 5.74) is 1.00. The molecule has 0 saturated carbocycles. The van der Waals surface area contributed by atoms with Crippen LogP contribution in [-0.2, 0) is 4.79 Å². The van der Waals surface area contributed by atoms with Crippen LogP contribution < -0.4 is 5.32 Å². The number of benzene rings is 1. The predicted molar refractivity (Wildman–Crippen MR) is 78.0 cm³/mol. The Labute approximate surface area is 117 Å². The van der Waals surface area contributed by atoms with Crippen molar-refractivity contribution in [2.75, 3.05) is 11.1 Å². The Morgan fingerprint density at radius 3 is 2.79 bits per heavy atom. The topological polar surface area (TPSA) is 73.1 Å². The van der Waals surface area contributed by atoms with Gasteiger partial charge in [-0.05, 0) is 19.1 Å². The molecule has 1 aromatic carbocycles. The summed E-state index contributed by atoms with van der Waals surface area (Å²) < 4.78 is 0. The number of nitrogens with one attached hydrogen (secondary N) is 1. The largest absolute Gasteiger partial charge is 0.392 e. The molecule has 19 heavy (non-hydrogen) atoms. The zero-order valence-electron chi connectivity index (χ0n) is 11.1. The van der Waals surface area contributed by atoms with Crippen LogP contribution in [0.15, 0.2) is 24.3 Å². The van der Waals surface area contributed by atoms with Crippen LogP contribution in [0, 0.1) is 11.3 Å². The molecule has 0 bridgehead atoms. The number of hydrogen-bond acceptors (Lipinski definition) is 4. The number of anilines is 1. The molecule has 2 N–H and O–H groups in total. The molecular weight excluding hydrogens is 260 g/mol. The molecule has 0 aliphatic rings. The van der Waals surface area contributed by atoms with Gasteiger partial charge in [-0.2, -0.15) is 17.0 Å². The predicted octanol–water partition coefficient (Wildman–Crippen LogP) is 2.39. The Kier molecular flexibility index (Phi) is 6.40. The van der Waals surface area contributed by atoms with E-state index in [0.29, 0.717) is 23.4 Å². The Balaban J connectivity index is 2.42. The molecule has 0 spiro atoms. The fraction of sp³-hybridized carbons (Fsp3) is 0.429. The smallest absolute Gasteiger partial charge is 0.225 e. The highest BCUT2D eigenvalue weighted by Crippen LogP contribution is 2.17. The number of carbonyl (C=O) groups is 1. The Morgan fingerprint density at radius 2 is 2.16 bits per heavy atom. The zero-order valence-corrected chi connectivity index (χ0v) is 11.9. The van der Waals surface area contributed by atoms with Crippen LogP contribution in [-0.4, -0.2) is 28.1 Å². The highest BCUT2D eigenvalue weighted by Gasteiger charge is 2.11. The fourth-order valence-corrected chi connectivity index (χ4v) is 2.33. The number of nitriles is 1. The van der Waals surface area contributed by atoms with Gasteiger partial charge >= 0.3 is 0 Å². The summed E-state index contributed by atoms with van der Waals surface area (Å²) in [6.45, 7) is 3.67. The molecule has 1 rings (SSSR count). The average Bonchev–Trinajstić information content (AvgIpc) is 2.39. The van der Waals surface area contributed by atoms with E-state index in [1.807, 2.05) is 13.0 Å². The number of carbonyl (C=O) groups excluding carboxylic acids is 1. The first-order valence-corrected chi connectivity index (χ1v) is 7.18. The Hall–Kier alpha value is -1.51. The van der Waals surface area contributed by atoms with Gasteiger partial charge in [-0.15, -0.1) is 0 Å². The molecule has 0 aliphatic heterocycles. The molecule has 5 heteroatoms.